The van der Waals surface area contributed by atoms with Crippen molar-refractivity contribution in [3.05, 3.63) is 24.3 Å². The van der Waals surface area contributed by atoms with Crippen LogP contribution in [0.1, 0.15) is 6.42 Å². The monoisotopic (exact) mass is 246 g/mol. The highest BCUT2D eigenvalue weighted by Crippen LogP contribution is 2.48. The zero-order chi connectivity index (χ0) is 12.8. The molecule has 3 rings (SSSR count). The van der Waals surface area contributed by atoms with Crippen LogP contribution < -0.4 is 5.32 Å². The van der Waals surface area contributed by atoms with Gasteiger partial charge in [0, 0.05) is 6.54 Å². The lowest BCUT2D eigenvalue weighted by molar-refractivity contribution is -0.128. The van der Waals surface area contributed by atoms with E-state index in [4.69, 9.17) is 4.74 Å². The van der Waals surface area contributed by atoms with Gasteiger partial charge in [-0.25, -0.2) is 0 Å². The number of methoxy groups -OCH3 is 1. The van der Waals surface area contributed by atoms with Crippen LogP contribution in [0.15, 0.2) is 29.3 Å². The summed E-state index contributed by atoms with van der Waals surface area (Å²) in [5.41, 5.74) is -0.850. The Morgan fingerprint density at radius 1 is 1.44 bits per heavy atom. The lowest BCUT2D eigenvalue weighted by Crippen LogP contribution is -2.43. The number of carbonyl (C=O) groups is 2. The fourth-order valence-corrected chi connectivity index (χ4v) is 3.15. The minimum absolute atomic E-state index is 0.153. The average molecular weight is 246 g/mol. The maximum absolute atomic E-state index is 12.3. The highest BCUT2D eigenvalue weighted by Gasteiger charge is 2.59. The van der Waals surface area contributed by atoms with E-state index in [0.717, 1.165) is 6.42 Å². The van der Waals surface area contributed by atoms with Gasteiger partial charge in [-0.1, -0.05) is 24.3 Å². The van der Waals surface area contributed by atoms with E-state index in [9.17, 15) is 9.59 Å². The van der Waals surface area contributed by atoms with Crippen molar-refractivity contribution in [3.63, 3.8) is 0 Å². The van der Waals surface area contributed by atoms with Crippen LogP contribution in [-0.2, 0) is 14.3 Å². The molecule has 0 saturated carbocycles. The van der Waals surface area contributed by atoms with Crippen molar-refractivity contribution >= 4 is 17.7 Å². The Bertz CT molecular complexity index is 506. The van der Waals surface area contributed by atoms with Gasteiger partial charge in [0.05, 0.1) is 24.4 Å². The summed E-state index contributed by atoms with van der Waals surface area (Å²) in [4.78, 5) is 28.4. The summed E-state index contributed by atoms with van der Waals surface area (Å²) in [6.45, 7) is 0.640. The molecule has 0 aromatic carbocycles. The molecule has 0 aromatic heterocycles. The Kier molecular flexibility index (Phi) is 2.36. The van der Waals surface area contributed by atoms with Crippen LogP contribution in [0, 0.1) is 17.3 Å². The van der Waals surface area contributed by atoms with Crippen LogP contribution in [0.3, 0.4) is 0 Å². The minimum atomic E-state index is -0.850. The Morgan fingerprint density at radius 2 is 2.28 bits per heavy atom. The van der Waals surface area contributed by atoms with Crippen molar-refractivity contribution in [3.8, 4) is 0 Å². The van der Waals surface area contributed by atoms with Crippen LogP contribution in [-0.4, -0.2) is 31.4 Å². The molecule has 2 heterocycles. The molecular weight excluding hydrogens is 232 g/mol. The van der Waals surface area contributed by atoms with Gasteiger partial charge in [0.1, 0.15) is 0 Å². The molecule has 1 aliphatic carbocycles. The lowest BCUT2D eigenvalue weighted by atomic mass is 9.65. The van der Waals surface area contributed by atoms with Crippen molar-refractivity contribution in [2.24, 2.45) is 22.2 Å². The van der Waals surface area contributed by atoms with Gasteiger partial charge < -0.3 is 4.74 Å². The molecule has 1 fully saturated rings. The standard InChI is InChI=1S/C13H14N2O3/c1-18-11-9(5-7-14-11)13-6-3-2-4-8(13)10(16)15-12(13)17/h2-4,6,8-9H,5,7H2,1H3,(H,15,16,17). The molecule has 3 atom stereocenters. The van der Waals surface area contributed by atoms with Crippen LogP contribution in [0.5, 0.6) is 0 Å². The summed E-state index contributed by atoms with van der Waals surface area (Å²) in [7, 11) is 1.56. The van der Waals surface area contributed by atoms with Gasteiger partial charge >= 0.3 is 0 Å². The molecule has 0 spiro atoms. The average Bonchev–Trinajstić information content (AvgIpc) is 2.94. The molecule has 0 aromatic rings. The summed E-state index contributed by atoms with van der Waals surface area (Å²) in [5.74, 6) is -0.499. The Balaban J connectivity index is 2.09. The van der Waals surface area contributed by atoms with Gasteiger partial charge in [-0.3, -0.25) is 19.9 Å². The van der Waals surface area contributed by atoms with Crippen LogP contribution in [0.25, 0.3) is 0 Å². The molecule has 5 heteroatoms. The first-order chi connectivity index (χ1) is 8.70. The van der Waals surface area contributed by atoms with E-state index in [1.54, 1.807) is 19.3 Å². The van der Waals surface area contributed by atoms with Crippen LogP contribution in [0.4, 0.5) is 0 Å². The maximum atomic E-state index is 12.3. The van der Waals surface area contributed by atoms with Gasteiger partial charge in [0.2, 0.25) is 11.8 Å². The van der Waals surface area contributed by atoms with Gasteiger partial charge in [-0.15, -0.1) is 0 Å². The van der Waals surface area contributed by atoms with E-state index < -0.39 is 11.3 Å². The van der Waals surface area contributed by atoms with E-state index >= 15 is 0 Å². The number of ether oxygens (including phenoxy) is 1. The van der Waals surface area contributed by atoms with Crippen molar-refractivity contribution in [1.29, 1.82) is 0 Å². The quantitative estimate of drug-likeness (QED) is 0.682. The second kappa shape index (κ2) is 3.80. The molecule has 3 aliphatic rings. The zero-order valence-electron chi connectivity index (χ0n) is 10.1. The van der Waals surface area contributed by atoms with Crippen LogP contribution in [0.2, 0.25) is 0 Å². The number of amides is 2. The molecule has 94 valence electrons. The van der Waals surface area contributed by atoms with Crippen molar-refractivity contribution < 1.29 is 14.3 Å². The van der Waals surface area contributed by atoms with Gasteiger partial charge in [-0.05, 0) is 6.42 Å². The first-order valence-corrected chi connectivity index (χ1v) is 6.00. The number of imide groups is 1. The summed E-state index contributed by atoms with van der Waals surface area (Å²) in [6, 6.07) is 0. The fourth-order valence-electron chi connectivity index (χ4n) is 3.15. The van der Waals surface area contributed by atoms with Gasteiger partial charge in [-0.2, -0.15) is 0 Å². The summed E-state index contributed by atoms with van der Waals surface area (Å²) >= 11 is 0. The lowest BCUT2D eigenvalue weighted by Gasteiger charge is -2.34. The molecule has 3 unspecified atom stereocenters. The molecule has 18 heavy (non-hydrogen) atoms. The third-order valence-electron chi connectivity index (χ3n) is 3.98. The summed E-state index contributed by atoms with van der Waals surface area (Å²) in [6.07, 6.45) is 7.97. The fraction of sp³-hybridized carbons (Fsp3) is 0.462. The van der Waals surface area contributed by atoms with E-state index in [1.165, 1.54) is 0 Å². The second-order valence-corrected chi connectivity index (χ2v) is 4.74. The molecular formula is C13H14N2O3. The van der Waals surface area contributed by atoms with E-state index in [0.29, 0.717) is 12.4 Å². The van der Waals surface area contributed by atoms with Gasteiger partial charge in [0.25, 0.3) is 0 Å². The third kappa shape index (κ3) is 1.24. The Hall–Kier alpha value is -1.91. The maximum Gasteiger partial charge on any atom is 0.238 e. The molecule has 1 saturated heterocycles. The number of hydrogen-bond donors (Lipinski definition) is 1. The van der Waals surface area contributed by atoms with Gasteiger partial charge in [0.15, 0.2) is 5.90 Å². The normalized spacial score (nSPS) is 37.5. The number of allylic oxidation sites excluding steroid dienone is 2. The number of carbonyl (C=O) groups excluding carboxylic acids is 2. The predicted molar refractivity (Wildman–Crippen MR) is 64.8 cm³/mol. The minimum Gasteiger partial charge on any atom is -0.484 e. The molecule has 2 aliphatic heterocycles. The highest BCUT2D eigenvalue weighted by atomic mass is 16.5. The second-order valence-electron chi connectivity index (χ2n) is 4.74. The largest absolute Gasteiger partial charge is 0.484 e. The number of nitrogens with zero attached hydrogens (tertiary/aromatic N) is 1. The number of aliphatic imine (C=N–C) groups is 1. The summed E-state index contributed by atoms with van der Waals surface area (Å²) in [5, 5.41) is 2.43. The van der Waals surface area contributed by atoms with E-state index in [1.807, 2.05) is 12.2 Å². The zero-order valence-corrected chi connectivity index (χ0v) is 10.1. The number of fused-ring (bicyclic) bond motifs is 1. The molecule has 5 nitrogen and oxygen atoms in total. The predicted octanol–water partition coefficient (Wildman–Crippen LogP) is 0.436. The van der Waals surface area contributed by atoms with Crippen molar-refractivity contribution in [2.45, 2.75) is 6.42 Å². The van der Waals surface area contributed by atoms with Crippen molar-refractivity contribution in [1.82, 2.24) is 5.32 Å². The number of rotatable bonds is 1. The molecule has 0 radical (unpaired) electrons. The smallest absolute Gasteiger partial charge is 0.238 e. The summed E-state index contributed by atoms with van der Waals surface area (Å²) < 4.78 is 5.26. The highest BCUT2D eigenvalue weighted by molar-refractivity contribution is 6.11. The van der Waals surface area contributed by atoms with E-state index in [2.05, 4.69) is 10.3 Å². The number of hydrogen-bond acceptors (Lipinski definition) is 4. The molecule has 1 N–H and O–H groups in total. The van der Waals surface area contributed by atoms with Crippen LogP contribution >= 0.6 is 0 Å². The first kappa shape index (κ1) is 11.2. The topological polar surface area (TPSA) is 67.8 Å². The first-order valence-electron chi connectivity index (χ1n) is 6.00. The van der Waals surface area contributed by atoms with E-state index in [-0.39, 0.29) is 17.7 Å². The number of nitrogens with one attached hydrogen (secondary N) is 1. The Morgan fingerprint density at radius 3 is 3.06 bits per heavy atom. The van der Waals surface area contributed by atoms with Crippen molar-refractivity contribution in [2.75, 3.05) is 13.7 Å². The molecule has 0 bridgehead atoms. The Labute approximate surface area is 105 Å². The molecule has 2 amide bonds. The SMILES string of the molecule is COC1=NCCC1C12C=CC=CC1C(=O)NC2=O. The third-order valence-corrected chi connectivity index (χ3v) is 3.98.